The van der Waals surface area contributed by atoms with Gasteiger partial charge in [0.15, 0.2) is 0 Å². The van der Waals surface area contributed by atoms with Gasteiger partial charge < -0.3 is 75.3 Å². The average molecular weight is 1070 g/mol. The van der Waals surface area contributed by atoms with E-state index in [0.29, 0.717) is 24.3 Å². The minimum Gasteiger partial charge on any atom is -0.508 e. The molecule has 1 aromatic carbocycles. The lowest BCUT2D eigenvalue weighted by Gasteiger charge is -2.31. The van der Waals surface area contributed by atoms with Gasteiger partial charge in [-0.15, -0.1) is 0 Å². The molecule has 0 spiro atoms. The fourth-order valence-corrected chi connectivity index (χ4v) is 8.91. The summed E-state index contributed by atoms with van der Waals surface area (Å²) in [5.41, 5.74) is 22.2. The number of nitrogens with two attached hydrogens (primary N) is 4. The van der Waals surface area contributed by atoms with Crippen LogP contribution in [0.25, 0.3) is 0 Å². The van der Waals surface area contributed by atoms with Crippen molar-refractivity contribution in [3.05, 3.63) is 29.8 Å². The summed E-state index contributed by atoms with van der Waals surface area (Å²) >= 11 is 0. The zero-order valence-electron chi connectivity index (χ0n) is 43.4. The Balaban J connectivity index is 2.10. The maximum Gasteiger partial charge on any atom is 0.245 e. The number of carbonyl (C=O) groups excluding carboxylic acids is 12. The lowest BCUT2D eigenvalue weighted by atomic mass is 10.0. The molecule has 76 heavy (non-hydrogen) atoms. The predicted molar refractivity (Wildman–Crippen MR) is 273 cm³/mol. The Hall–Kier alpha value is -7.38. The minimum atomic E-state index is -1.86. The molecular weight excluding hydrogens is 993 g/mol. The quantitative estimate of drug-likeness (QED) is 0.0492. The highest BCUT2D eigenvalue weighted by atomic mass is 16.3. The molecule has 1 aromatic rings. The third-order valence-electron chi connectivity index (χ3n) is 13.0. The number of amides is 12. The van der Waals surface area contributed by atoms with Crippen molar-refractivity contribution >= 4 is 70.9 Å². The predicted octanol–water partition coefficient (Wildman–Crippen LogP) is -2.84. The number of unbranched alkanes of at least 4 members (excludes halogenated alkanes) is 7. The summed E-state index contributed by atoms with van der Waals surface area (Å²) in [6.07, 6.45) is 4.63. The van der Waals surface area contributed by atoms with Gasteiger partial charge in [-0.2, -0.15) is 0 Å². The zero-order chi connectivity index (χ0) is 56.5. The van der Waals surface area contributed by atoms with Gasteiger partial charge in [0.2, 0.25) is 70.9 Å². The number of nitrogens with zero attached hydrogens (tertiary/aromatic N) is 1. The van der Waals surface area contributed by atoms with E-state index in [1.54, 1.807) is 0 Å². The van der Waals surface area contributed by atoms with Crippen molar-refractivity contribution in [2.75, 3.05) is 13.2 Å². The summed E-state index contributed by atoms with van der Waals surface area (Å²) in [4.78, 5) is 162. The number of aromatic hydroxyl groups is 1. The van der Waals surface area contributed by atoms with Crippen LogP contribution in [0, 0.1) is 5.92 Å². The molecule has 422 valence electrons. The van der Waals surface area contributed by atoms with Crippen LogP contribution in [0.1, 0.15) is 135 Å². The Morgan fingerprint density at radius 1 is 0.566 bits per heavy atom. The standard InChI is InChI=1S/C50H78N12O14/c1-28(2)12-9-7-5-3-4-6-8-10-13-30-23-43(69)56-34(24-40(52)66)45(71)58-33(22-29-15-17-31(64)18-16-29)44(70)59-35(25-41(53)67)46(72)57-32(19-20-39(51)65)50(76)62-21-11-14-38(62)49(75)60-36(26-42(54)68)47(73)61-37(27-63)48(74)55-30/h15-18,28,30,32-38,63-64H,3-14,19-27H2,1-2H3,(H2,51,65)(H2,52,66)(H2,53,67)(H2,54,68)(H,55,74)(H,56,69)(H,57,72)(H,58,71)(H,59,70)(H,60,75)(H,61,73). The third kappa shape index (κ3) is 22.6. The molecule has 17 N–H and O–H groups in total. The summed E-state index contributed by atoms with van der Waals surface area (Å²) in [5.74, 6) is -12.0. The number of aliphatic hydroxyl groups excluding tert-OH is 1. The Bertz CT molecular complexity index is 2210. The van der Waals surface area contributed by atoms with E-state index in [-0.39, 0.29) is 38.0 Å². The molecule has 2 saturated heterocycles. The molecule has 26 nitrogen and oxygen atoms in total. The van der Waals surface area contributed by atoms with Gasteiger partial charge in [0.1, 0.15) is 48.0 Å². The van der Waals surface area contributed by atoms with E-state index in [0.717, 1.165) is 49.8 Å². The molecule has 8 atom stereocenters. The Morgan fingerprint density at radius 3 is 1.55 bits per heavy atom. The summed E-state index contributed by atoms with van der Waals surface area (Å²) < 4.78 is 0. The molecular formula is C50H78N12O14. The SMILES string of the molecule is CC(C)CCCCCCCCCCC1CC(=O)NC(CC(N)=O)C(=O)NC(Cc2ccc(O)cc2)C(=O)NC(CC(N)=O)C(=O)NC(CCC(N)=O)C(=O)N2CCCC2C(=O)NC(CC(N)=O)C(=O)NC(CO)C(=O)N1. The highest BCUT2D eigenvalue weighted by Crippen LogP contribution is 2.21. The van der Waals surface area contributed by atoms with Gasteiger partial charge in [-0.05, 0) is 49.3 Å². The molecule has 26 heteroatoms. The van der Waals surface area contributed by atoms with Gasteiger partial charge >= 0.3 is 0 Å². The number of primary amides is 4. The van der Waals surface area contributed by atoms with E-state index in [1.165, 1.54) is 24.3 Å². The fourth-order valence-electron chi connectivity index (χ4n) is 8.91. The van der Waals surface area contributed by atoms with Crippen LogP contribution in [0.15, 0.2) is 24.3 Å². The van der Waals surface area contributed by atoms with Crippen LogP contribution in [0.2, 0.25) is 0 Å². The van der Waals surface area contributed by atoms with Gasteiger partial charge in [-0.25, -0.2) is 0 Å². The zero-order valence-corrected chi connectivity index (χ0v) is 43.4. The molecule has 2 heterocycles. The van der Waals surface area contributed by atoms with E-state index in [1.807, 2.05) is 0 Å². The van der Waals surface area contributed by atoms with E-state index < -0.39 is 164 Å². The van der Waals surface area contributed by atoms with Crippen molar-refractivity contribution in [1.82, 2.24) is 42.1 Å². The van der Waals surface area contributed by atoms with Crippen molar-refractivity contribution in [2.24, 2.45) is 28.9 Å². The molecule has 2 aliphatic heterocycles. The van der Waals surface area contributed by atoms with Crippen molar-refractivity contribution < 1.29 is 67.7 Å². The van der Waals surface area contributed by atoms with Crippen LogP contribution in [0.4, 0.5) is 0 Å². The molecule has 8 unspecified atom stereocenters. The van der Waals surface area contributed by atoms with E-state index >= 15 is 0 Å². The number of hydrogen-bond acceptors (Lipinski definition) is 14. The Kier molecular flexibility index (Phi) is 26.6. The lowest BCUT2D eigenvalue weighted by Crippen LogP contribution is -2.60. The Morgan fingerprint density at radius 2 is 1.03 bits per heavy atom. The van der Waals surface area contributed by atoms with Gasteiger partial charge in [0.25, 0.3) is 0 Å². The minimum absolute atomic E-state index is 0.00282. The summed E-state index contributed by atoms with van der Waals surface area (Å²) in [7, 11) is 0. The molecule has 12 amide bonds. The number of hydrogen-bond donors (Lipinski definition) is 13. The first-order chi connectivity index (χ1) is 36.0. The highest BCUT2D eigenvalue weighted by Gasteiger charge is 2.41. The topological polar surface area (TPSA) is 437 Å². The van der Waals surface area contributed by atoms with Gasteiger partial charge in [-0.1, -0.05) is 83.8 Å². The average Bonchev–Trinajstić information content (AvgIpc) is 3.84. The van der Waals surface area contributed by atoms with Gasteiger partial charge in [0.05, 0.1) is 25.9 Å². The summed E-state index contributed by atoms with van der Waals surface area (Å²) in [6.45, 7) is 3.27. The van der Waals surface area contributed by atoms with Crippen LogP contribution < -0.4 is 60.2 Å². The molecule has 0 aliphatic carbocycles. The van der Waals surface area contributed by atoms with Gasteiger partial charge in [0, 0.05) is 31.8 Å². The second kappa shape index (κ2) is 32.1. The number of phenolic OH excluding ortho intramolecular Hbond substituents is 1. The van der Waals surface area contributed by atoms with Crippen molar-refractivity contribution in [3.63, 3.8) is 0 Å². The van der Waals surface area contributed by atoms with Crippen molar-refractivity contribution in [3.8, 4) is 5.75 Å². The van der Waals surface area contributed by atoms with Crippen LogP contribution in [0.5, 0.6) is 5.75 Å². The maximum atomic E-state index is 14.3. The number of carbonyl (C=O) groups is 12. The summed E-state index contributed by atoms with van der Waals surface area (Å²) in [5, 5.41) is 37.3. The fraction of sp³-hybridized carbons (Fsp3) is 0.640. The molecule has 2 fully saturated rings. The molecule has 0 radical (unpaired) electrons. The number of benzene rings is 1. The van der Waals surface area contributed by atoms with Crippen molar-refractivity contribution in [1.29, 1.82) is 0 Å². The van der Waals surface area contributed by atoms with Crippen molar-refractivity contribution in [2.45, 2.75) is 184 Å². The number of aliphatic hydroxyl groups is 1. The number of phenols is 1. The number of rotatable bonds is 23. The van der Waals surface area contributed by atoms with E-state index in [9.17, 15) is 67.7 Å². The monoisotopic (exact) mass is 1070 g/mol. The first-order valence-electron chi connectivity index (χ1n) is 25.9. The second-order valence-electron chi connectivity index (χ2n) is 19.9. The molecule has 0 aromatic heterocycles. The van der Waals surface area contributed by atoms with E-state index in [2.05, 4.69) is 51.1 Å². The molecule has 0 saturated carbocycles. The van der Waals surface area contributed by atoms with Crippen LogP contribution in [-0.4, -0.2) is 147 Å². The first-order valence-corrected chi connectivity index (χ1v) is 25.9. The normalized spacial score (nSPS) is 23.8. The number of nitrogens with one attached hydrogen (secondary N) is 7. The number of fused-ring (bicyclic) bond motifs is 1. The van der Waals surface area contributed by atoms with E-state index in [4.69, 9.17) is 22.9 Å². The molecule has 2 aliphatic rings. The van der Waals surface area contributed by atoms with Crippen LogP contribution in [-0.2, 0) is 64.0 Å². The molecule has 0 bridgehead atoms. The smallest absolute Gasteiger partial charge is 0.245 e. The third-order valence-corrected chi connectivity index (χ3v) is 13.0. The first kappa shape index (κ1) is 62.9. The summed E-state index contributed by atoms with van der Waals surface area (Å²) in [6, 6.07) is -7.35. The largest absolute Gasteiger partial charge is 0.508 e. The van der Waals surface area contributed by atoms with Crippen LogP contribution in [0.3, 0.4) is 0 Å². The second-order valence-corrected chi connectivity index (χ2v) is 19.9. The highest BCUT2D eigenvalue weighted by molar-refractivity contribution is 6.00. The van der Waals surface area contributed by atoms with Crippen LogP contribution >= 0.6 is 0 Å². The lowest BCUT2D eigenvalue weighted by molar-refractivity contribution is -0.143. The molecule has 3 rings (SSSR count). The Labute approximate surface area is 441 Å². The van der Waals surface area contributed by atoms with Gasteiger partial charge in [-0.3, -0.25) is 57.5 Å². The maximum absolute atomic E-state index is 14.3.